The second-order valence-electron chi connectivity index (χ2n) is 6.29. The highest BCUT2D eigenvalue weighted by molar-refractivity contribution is 8.02. The molecule has 0 spiro atoms. The zero-order valence-corrected chi connectivity index (χ0v) is 16.0. The Labute approximate surface area is 160 Å². The van der Waals surface area contributed by atoms with E-state index >= 15 is 0 Å². The minimum atomic E-state index is -0.0530. The van der Waals surface area contributed by atoms with Crippen LogP contribution in [0, 0.1) is 0 Å². The molecular weight excluding hydrogens is 358 g/mol. The Morgan fingerprint density at radius 1 is 1.26 bits per heavy atom. The van der Waals surface area contributed by atoms with Gasteiger partial charge in [0.25, 0.3) is 5.91 Å². The first-order valence-electron chi connectivity index (χ1n) is 8.81. The van der Waals surface area contributed by atoms with Crippen LogP contribution in [-0.2, 0) is 0 Å². The first kappa shape index (κ1) is 17.5. The number of allylic oxidation sites excluding steroid dienone is 1. The van der Waals surface area contributed by atoms with Crippen LogP contribution in [0.15, 0.2) is 47.5 Å². The maximum atomic E-state index is 12.5. The predicted molar refractivity (Wildman–Crippen MR) is 112 cm³/mol. The van der Waals surface area contributed by atoms with Crippen molar-refractivity contribution < 1.29 is 4.79 Å². The number of aromatic nitrogens is 4. The lowest BCUT2D eigenvalue weighted by atomic mass is 10.1. The van der Waals surface area contributed by atoms with E-state index < -0.39 is 0 Å². The number of carbonyl (C=O) groups excluding carboxylic acids is 1. The molecule has 4 rings (SSSR count). The van der Waals surface area contributed by atoms with E-state index in [1.807, 2.05) is 43.5 Å². The number of amides is 1. The lowest BCUT2D eigenvalue weighted by Crippen LogP contribution is -2.24. The Kier molecular flexibility index (Phi) is 4.77. The maximum Gasteiger partial charge on any atom is 0.251 e. The molecule has 4 aromatic rings. The summed E-state index contributed by atoms with van der Waals surface area (Å²) < 4.78 is 0. The van der Waals surface area contributed by atoms with Gasteiger partial charge in [-0.1, -0.05) is 6.08 Å². The van der Waals surface area contributed by atoms with Gasteiger partial charge in [0, 0.05) is 29.2 Å². The summed E-state index contributed by atoms with van der Waals surface area (Å²) >= 11 is 1.72. The van der Waals surface area contributed by atoms with Crippen molar-refractivity contribution in [2.45, 2.75) is 13.3 Å². The number of carbonyl (C=O) groups is 1. The summed E-state index contributed by atoms with van der Waals surface area (Å²) in [6, 6.07) is 9.67. The largest absolute Gasteiger partial charge is 0.358 e. The fourth-order valence-corrected chi connectivity index (χ4v) is 3.73. The van der Waals surface area contributed by atoms with E-state index in [4.69, 9.17) is 0 Å². The third kappa shape index (κ3) is 3.38. The van der Waals surface area contributed by atoms with Gasteiger partial charge in [-0.15, -0.1) is 11.8 Å². The van der Waals surface area contributed by atoms with E-state index in [2.05, 4.69) is 37.8 Å². The second kappa shape index (κ2) is 7.36. The Bertz CT molecular complexity index is 1130. The number of aromatic amines is 3. The van der Waals surface area contributed by atoms with Gasteiger partial charge < -0.3 is 15.3 Å². The molecule has 27 heavy (non-hydrogen) atoms. The normalized spacial score (nSPS) is 12.1. The lowest BCUT2D eigenvalue weighted by Gasteiger charge is -2.06. The van der Waals surface area contributed by atoms with Crippen LogP contribution < -0.4 is 5.32 Å². The molecule has 0 saturated heterocycles. The lowest BCUT2D eigenvalue weighted by molar-refractivity contribution is 0.0954. The quantitative estimate of drug-likeness (QED) is 0.400. The molecule has 0 aliphatic carbocycles. The summed E-state index contributed by atoms with van der Waals surface area (Å²) in [6.07, 6.45) is 6.87. The molecule has 3 aromatic heterocycles. The molecule has 0 bridgehead atoms. The van der Waals surface area contributed by atoms with Crippen molar-refractivity contribution in [3.8, 4) is 11.4 Å². The molecule has 0 saturated carbocycles. The molecular formula is C20H21N5OS. The molecule has 0 fully saturated rings. The fraction of sp³-hybridized carbons (Fsp3) is 0.200. The van der Waals surface area contributed by atoms with E-state index in [9.17, 15) is 4.79 Å². The Morgan fingerprint density at radius 2 is 2.15 bits per heavy atom. The van der Waals surface area contributed by atoms with Crippen molar-refractivity contribution in [3.63, 3.8) is 0 Å². The Hall–Kier alpha value is -2.93. The molecule has 0 aliphatic rings. The van der Waals surface area contributed by atoms with Crippen LogP contribution in [0.1, 0.15) is 23.7 Å². The van der Waals surface area contributed by atoms with Crippen molar-refractivity contribution >= 4 is 39.6 Å². The van der Waals surface area contributed by atoms with Gasteiger partial charge in [-0.3, -0.25) is 9.89 Å². The van der Waals surface area contributed by atoms with Crippen LogP contribution in [0.25, 0.3) is 33.3 Å². The summed E-state index contributed by atoms with van der Waals surface area (Å²) in [6.45, 7) is 2.65. The van der Waals surface area contributed by atoms with Gasteiger partial charge in [0.15, 0.2) is 0 Å². The average Bonchev–Trinajstić information content (AvgIpc) is 3.38. The average molecular weight is 379 g/mol. The zero-order valence-electron chi connectivity index (χ0n) is 15.2. The molecule has 0 radical (unpaired) electrons. The van der Waals surface area contributed by atoms with Gasteiger partial charge in [-0.05, 0) is 54.8 Å². The van der Waals surface area contributed by atoms with Crippen LogP contribution in [0.5, 0.6) is 0 Å². The molecule has 138 valence electrons. The summed E-state index contributed by atoms with van der Waals surface area (Å²) in [5, 5.41) is 11.4. The van der Waals surface area contributed by atoms with Crippen LogP contribution in [0.4, 0.5) is 0 Å². The molecule has 7 heteroatoms. The summed E-state index contributed by atoms with van der Waals surface area (Å²) in [4.78, 5) is 20.3. The maximum absolute atomic E-state index is 12.5. The standard InChI is InChI=1S/C20H21N5OS/c1-3-14(27-2)6-8-22-20(26)12-4-5-15-13(10-12)11-17(23-15)19-18-16(24-25-19)7-9-21-18/h3-5,7,9-11,21,23H,6,8H2,1-2H3,(H,22,26)(H,24,25)/b14-3-. The molecule has 3 heterocycles. The van der Waals surface area contributed by atoms with Gasteiger partial charge in [-0.25, -0.2) is 0 Å². The van der Waals surface area contributed by atoms with Crippen molar-refractivity contribution in [2.24, 2.45) is 0 Å². The number of benzene rings is 1. The highest BCUT2D eigenvalue weighted by Gasteiger charge is 2.13. The number of thioether (sulfide) groups is 1. The van der Waals surface area contributed by atoms with Crippen molar-refractivity contribution in [2.75, 3.05) is 12.8 Å². The van der Waals surface area contributed by atoms with Crippen LogP contribution >= 0.6 is 11.8 Å². The topological polar surface area (TPSA) is 89.4 Å². The minimum Gasteiger partial charge on any atom is -0.358 e. The third-order valence-electron chi connectivity index (χ3n) is 4.65. The van der Waals surface area contributed by atoms with Gasteiger partial charge >= 0.3 is 0 Å². The van der Waals surface area contributed by atoms with Gasteiger partial charge in [-0.2, -0.15) is 5.10 Å². The first-order chi connectivity index (χ1) is 13.2. The molecule has 6 nitrogen and oxygen atoms in total. The molecule has 0 atom stereocenters. The number of H-pyrrole nitrogens is 3. The van der Waals surface area contributed by atoms with Crippen LogP contribution in [-0.4, -0.2) is 38.9 Å². The smallest absolute Gasteiger partial charge is 0.251 e. The summed E-state index contributed by atoms with van der Waals surface area (Å²) in [5.74, 6) is -0.0530. The first-order valence-corrected chi connectivity index (χ1v) is 10.0. The highest BCUT2D eigenvalue weighted by Crippen LogP contribution is 2.28. The Morgan fingerprint density at radius 3 is 2.96 bits per heavy atom. The van der Waals surface area contributed by atoms with Gasteiger partial charge in [0.2, 0.25) is 0 Å². The van der Waals surface area contributed by atoms with Crippen molar-refractivity contribution in [3.05, 3.63) is 53.1 Å². The van der Waals surface area contributed by atoms with Gasteiger partial charge in [0.05, 0.1) is 16.7 Å². The Balaban J connectivity index is 1.54. The number of rotatable bonds is 6. The highest BCUT2D eigenvalue weighted by atomic mass is 32.2. The molecule has 0 aliphatic heterocycles. The minimum absolute atomic E-state index is 0.0530. The van der Waals surface area contributed by atoms with E-state index in [0.29, 0.717) is 12.1 Å². The van der Waals surface area contributed by atoms with E-state index in [0.717, 1.165) is 39.7 Å². The number of hydrogen-bond acceptors (Lipinski definition) is 3. The van der Waals surface area contributed by atoms with Crippen molar-refractivity contribution in [1.29, 1.82) is 0 Å². The van der Waals surface area contributed by atoms with Crippen LogP contribution in [0.2, 0.25) is 0 Å². The monoisotopic (exact) mass is 379 g/mol. The fourth-order valence-electron chi connectivity index (χ4n) is 3.19. The SMILES string of the molecule is C/C=C(/CCNC(=O)c1ccc2[nH]c(-c3n[nH]c4cc[nH]c34)cc2c1)SC. The van der Waals surface area contributed by atoms with E-state index in [1.54, 1.807) is 11.8 Å². The molecule has 4 N–H and O–H groups in total. The summed E-state index contributed by atoms with van der Waals surface area (Å²) in [7, 11) is 0. The van der Waals surface area contributed by atoms with Crippen LogP contribution in [0.3, 0.4) is 0 Å². The van der Waals surface area contributed by atoms with Gasteiger partial charge in [0.1, 0.15) is 5.69 Å². The van der Waals surface area contributed by atoms with E-state index in [1.165, 1.54) is 4.91 Å². The third-order valence-corrected chi connectivity index (χ3v) is 5.62. The number of fused-ring (bicyclic) bond motifs is 2. The van der Waals surface area contributed by atoms with Crippen molar-refractivity contribution in [1.82, 2.24) is 25.5 Å². The molecule has 0 unspecified atom stereocenters. The summed E-state index contributed by atoms with van der Waals surface area (Å²) in [5.41, 5.74) is 5.32. The number of nitrogens with one attached hydrogen (secondary N) is 4. The second-order valence-corrected chi connectivity index (χ2v) is 7.22. The number of hydrogen-bond donors (Lipinski definition) is 4. The van der Waals surface area contributed by atoms with E-state index in [-0.39, 0.29) is 5.91 Å². The predicted octanol–water partition coefficient (Wildman–Crippen LogP) is 4.43. The number of nitrogens with zero attached hydrogens (tertiary/aromatic N) is 1. The molecule has 1 aromatic carbocycles. The zero-order chi connectivity index (χ0) is 18.8. The molecule has 1 amide bonds.